The molecule has 0 aliphatic heterocycles. The molecule has 3 aromatic rings. The number of thiol groups is 1. The average molecular weight is 424 g/mol. The first-order valence-corrected chi connectivity index (χ1v) is 10.8. The van der Waals surface area contributed by atoms with Crippen molar-refractivity contribution in [3.63, 3.8) is 0 Å². The molecule has 156 valence electrons. The summed E-state index contributed by atoms with van der Waals surface area (Å²) in [6, 6.07) is 16.1. The Hall–Kier alpha value is -3.19. The van der Waals surface area contributed by atoms with Crippen LogP contribution in [0, 0.1) is 6.92 Å². The van der Waals surface area contributed by atoms with Gasteiger partial charge in [-0.3, -0.25) is 9.78 Å². The normalized spacial score (nSPS) is 11.0. The number of benzene rings is 2. The second-order valence-corrected chi connectivity index (χ2v) is 8.22. The van der Waals surface area contributed by atoms with Gasteiger partial charge in [0.1, 0.15) is 0 Å². The van der Waals surface area contributed by atoms with Gasteiger partial charge in [-0.1, -0.05) is 38.1 Å². The average Bonchev–Trinajstić information content (AvgIpc) is 2.74. The Labute approximate surface area is 178 Å². The lowest BCUT2D eigenvalue weighted by molar-refractivity contribution is 0.0951. The molecule has 0 saturated heterocycles. The number of nitrogens with zero attached hydrogens (tertiary/aromatic N) is 2. The van der Waals surface area contributed by atoms with Crippen LogP contribution in [0.25, 0.3) is 0 Å². The number of carbonyl (C=O) groups is 1. The second kappa shape index (κ2) is 9.54. The molecule has 0 fully saturated rings. The summed E-state index contributed by atoms with van der Waals surface area (Å²) in [7, 11) is -2.94. The summed E-state index contributed by atoms with van der Waals surface area (Å²) in [4.78, 5) is 16.7. The molecule has 0 bridgehead atoms. The quantitative estimate of drug-likeness (QED) is 0.561. The summed E-state index contributed by atoms with van der Waals surface area (Å²) < 4.78 is 25.5. The number of nitrogens with one attached hydrogen (secondary N) is 1. The van der Waals surface area contributed by atoms with E-state index in [0.717, 1.165) is 16.7 Å². The van der Waals surface area contributed by atoms with Crippen molar-refractivity contribution >= 4 is 28.2 Å². The van der Waals surface area contributed by atoms with Crippen molar-refractivity contribution in [1.29, 1.82) is 0 Å². The maximum Gasteiger partial charge on any atom is 0.251 e. The molecule has 0 aliphatic carbocycles. The summed E-state index contributed by atoms with van der Waals surface area (Å²) >= 11 is 0. The fourth-order valence-electron chi connectivity index (χ4n) is 3.09. The van der Waals surface area contributed by atoms with Crippen molar-refractivity contribution in [2.45, 2.75) is 33.2 Å². The topological polar surface area (TPSA) is 79.4 Å². The number of pyridine rings is 1. The van der Waals surface area contributed by atoms with Crippen LogP contribution in [0.15, 0.2) is 67.0 Å². The van der Waals surface area contributed by atoms with Gasteiger partial charge in [0.05, 0.1) is 11.4 Å². The minimum absolute atomic E-state index is 0.281. The van der Waals surface area contributed by atoms with Crippen LogP contribution in [-0.4, -0.2) is 19.3 Å². The third kappa shape index (κ3) is 5.04. The van der Waals surface area contributed by atoms with Gasteiger partial charge in [-0.2, -0.15) is 0 Å². The van der Waals surface area contributed by atoms with Crippen LogP contribution in [0.2, 0.25) is 0 Å². The molecule has 0 atom stereocenters. The number of aromatic nitrogens is 1. The van der Waals surface area contributed by atoms with Crippen LogP contribution in [0.3, 0.4) is 0 Å². The number of hydrogen-bond donors (Lipinski definition) is 2. The maximum absolute atomic E-state index is 12.6. The number of hydrogen-bond acceptors (Lipinski definition) is 4. The molecule has 1 heterocycles. The van der Waals surface area contributed by atoms with Gasteiger partial charge in [-0.25, -0.2) is 12.7 Å². The number of amides is 1. The Morgan fingerprint density at radius 2 is 1.83 bits per heavy atom. The van der Waals surface area contributed by atoms with Gasteiger partial charge >= 0.3 is 0 Å². The highest BCUT2D eigenvalue weighted by Crippen LogP contribution is 2.30. The number of anilines is 2. The largest absolute Gasteiger partial charge is 0.348 e. The van der Waals surface area contributed by atoms with Crippen molar-refractivity contribution in [3.8, 4) is 0 Å². The number of aryl methyl sites for hydroxylation is 1. The van der Waals surface area contributed by atoms with Crippen LogP contribution >= 0.6 is 0 Å². The Kier molecular flexibility index (Phi) is 6.84. The molecule has 0 radical (unpaired) electrons. The first kappa shape index (κ1) is 21.5. The Morgan fingerprint density at radius 1 is 1.10 bits per heavy atom. The van der Waals surface area contributed by atoms with E-state index in [4.69, 9.17) is 0 Å². The second-order valence-electron chi connectivity index (χ2n) is 7.34. The van der Waals surface area contributed by atoms with E-state index in [1.165, 1.54) is 4.31 Å². The van der Waals surface area contributed by atoms with E-state index in [2.05, 4.69) is 24.1 Å². The minimum Gasteiger partial charge on any atom is -0.348 e. The third-order valence-corrected chi connectivity index (χ3v) is 5.62. The molecule has 1 aromatic heterocycles. The van der Waals surface area contributed by atoms with E-state index in [1.54, 1.807) is 48.8 Å². The Morgan fingerprint density at radius 3 is 2.43 bits per heavy atom. The first-order valence-electron chi connectivity index (χ1n) is 9.69. The van der Waals surface area contributed by atoms with Crippen molar-refractivity contribution < 1.29 is 13.2 Å². The molecule has 0 unspecified atom stereocenters. The number of rotatable bonds is 7. The molecule has 3 rings (SSSR count). The molecule has 6 nitrogen and oxygen atoms in total. The standard InChI is InChI=1S/C23H25N3O3S/c1-16(2)19-8-10-21(11-9-19)26(30(28)29)22-13-20(7-6-17(22)3)23(27)25-15-18-5-4-12-24-14-18/h4-14,16,30H,15H2,1-3H3,(H,25,27). The van der Waals surface area contributed by atoms with Crippen LogP contribution in [-0.2, 0) is 17.4 Å². The molecule has 0 spiro atoms. The zero-order chi connectivity index (χ0) is 21.7. The zero-order valence-electron chi connectivity index (χ0n) is 17.2. The summed E-state index contributed by atoms with van der Waals surface area (Å²) in [5.74, 6) is 0.0680. The summed E-state index contributed by atoms with van der Waals surface area (Å²) in [6.45, 7) is 6.32. The SMILES string of the molecule is Cc1ccc(C(=O)NCc2cccnc2)cc1N(c1ccc(C(C)C)cc1)[SH](=O)=O. The highest BCUT2D eigenvalue weighted by Gasteiger charge is 2.17. The first-order chi connectivity index (χ1) is 14.4. The molecular formula is C23H25N3O3S. The predicted octanol–water partition coefficient (Wildman–Crippen LogP) is 4.11. The van der Waals surface area contributed by atoms with E-state index in [-0.39, 0.29) is 5.91 Å². The van der Waals surface area contributed by atoms with Crippen molar-refractivity contribution in [2.24, 2.45) is 0 Å². The van der Waals surface area contributed by atoms with Gasteiger partial charge in [-0.05, 0) is 59.9 Å². The van der Waals surface area contributed by atoms with Crippen molar-refractivity contribution in [2.75, 3.05) is 4.31 Å². The molecule has 1 amide bonds. The maximum atomic E-state index is 12.6. The van der Waals surface area contributed by atoms with E-state index < -0.39 is 10.9 Å². The molecule has 0 aliphatic rings. The van der Waals surface area contributed by atoms with E-state index >= 15 is 0 Å². The van der Waals surface area contributed by atoms with Gasteiger partial charge in [0.2, 0.25) is 10.9 Å². The van der Waals surface area contributed by atoms with Gasteiger partial charge in [-0.15, -0.1) is 0 Å². The van der Waals surface area contributed by atoms with Gasteiger partial charge in [0.15, 0.2) is 0 Å². The summed E-state index contributed by atoms with van der Waals surface area (Å²) in [5, 5.41) is 2.84. The zero-order valence-corrected chi connectivity index (χ0v) is 18.1. The van der Waals surface area contributed by atoms with E-state index in [0.29, 0.717) is 29.4 Å². The molecule has 7 heteroatoms. The van der Waals surface area contributed by atoms with Crippen LogP contribution in [0.4, 0.5) is 11.4 Å². The lowest BCUT2D eigenvalue weighted by Crippen LogP contribution is -2.23. The third-order valence-electron chi connectivity index (χ3n) is 4.84. The molecule has 30 heavy (non-hydrogen) atoms. The van der Waals surface area contributed by atoms with E-state index in [1.807, 2.05) is 25.1 Å². The van der Waals surface area contributed by atoms with Gasteiger partial charge in [0.25, 0.3) is 5.91 Å². The fraction of sp³-hybridized carbons (Fsp3) is 0.217. The van der Waals surface area contributed by atoms with Crippen molar-refractivity contribution in [1.82, 2.24) is 10.3 Å². The van der Waals surface area contributed by atoms with E-state index in [9.17, 15) is 13.2 Å². The van der Waals surface area contributed by atoms with Crippen molar-refractivity contribution in [3.05, 3.63) is 89.2 Å². The smallest absolute Gasteiger partial charge is 0.251 e. The van der Waals surface area contributed by atoms with Crippen LogP contribution < -0.4 is 9.62 Å². The monoisotopic (exact) mass is 423 g/mol. The molecule has 1 N–H and O–H groups in total. The van der Waals surface area contributed by atoms with Crippen LogP contribution in [0.1, 0.15) is 46.8 Å². The van der Waals surface area contributed by atoms with Crippen LogP contribution in [0.5, 0.6) is 0 Å². The summed E-state index contributed by atoms with van der Waals surface area (Å²) in [6.07, 6.45) is 3.36. The Balaban J connectivity index is 1.88. The predicted molar refractivity (Wildman–Crippen MR) is 120 cm³/mol. The van der Waals surface area contributed by atoms with Gasteiger partial charge in [0, 0.05) is 24.5 Å². The summed E-state index contributed by atoms with van der Waals surface area (Å²) in [5.41, 5.74) is 4.14. The highest BCUT2D eigenvalue weighted by molar-refractivity contribution is 7.74. The molecular weight excluding hydrogens is 398 g/mol. The molecule has 0 saturated carbocycles. The lowest BCUT2D eigenvalue weighted by Gasteiger charge is -2.21. The highest BCUT2D eigenvalue weighted by atomic mass is 32.2. The fourth-order valence-corrected chi connectivity index (χ4v) is 3.80. The lowest BCUT2D eigenvalue weighted by atomic mass is 10.0. The minimum atomic E-state index is -2.94. The van der Waals surface area contributed by atoms with Gasteiger partial charge < -0.3 is 5.32 Å². The molecule has 2 aromatic carbocycles. The Bertz CT molecular complexity index is 1090. The number of carbonyl (C=O) groups excluding carboxylic acids is 1.